The maximum Gasteiger partial charge on any atom is 0.234 e. The summed E-state index contributed by atoms with van der Waals surface area (Å²) < 4.78 is 1.67. The molecule has 7 heteroatoms. The number of nitrogens with zero attached hydrogens (tertiary/aromatic N) is 4. The lowest BCUT2D eigenvalue weighted by Crippen LogP contribution is -2.14. The van der Waals surface area contributed by atoms with Gasteiger partial charge in [0.1, 0.15) is 0 Å². The number of rotatable bonds is 5. The van der Waals surface area contributed by atoms with Gasteiger partial charge < -0.3 is 5.32 Å². The van der Waals surface area contributed by atoms with Crippen LogP contribution in [0.4, 0.5) is 5.69 Å². The average Bonchev–Trinajstić information content (AvgIpc) is 3.10. The second-order valence-corrected chi connectivity index (χ2v) is 6.48. The maximum atomic E-state index is 12.1. The Labute approximate surface area is 154 Å². The van der Waals surface area contributed by atoms with E-state index >= 15 is 0 Å². The van der Waals surface area contributed by atoms with Crippen molar-refractivity contribution in [2.75, 3.05) is 11.1 Å². The molecule has 4 rings (SSSR count). The van der Waals surface area contributed by atoms with E-state index in [1.54, 1.807) is 4.52 Å². The van der Waals surface area contributed by atoms with Crippen LogP contribution in [-0.4, -0.2) is 31.5 Å². The zero-order chi connectivity index (χ0) is 17.8. The highest BCUT2D eigenvalue weighted by Crippen LogP contribution is 2.20. The standard InChI is InChI=1S/C19H15N5OS/c25-18(20-15-9-5-2-6-10-15)13-26-19-22-21-17-12-11-16(23-24(17)19)14-7-3-1-4-8-14/h1-12H,13H2,(H,20,25). The first kappa shape index (κ1) is 16.3. The highest BCUT2D eigenvalue weighted by Gasteiger charge is 2.11. The highest BCUT2D eigenvalue weighted by atomic mass is 32.2. The molecule has 0 saturated heterocycles. The molecule has 0 saturated carbocycles. The quantitative estimate of drug-likeness (QED) is 0.551. The maximum absolute atomic E-state index is 12.1. The zero-order valence-electron chi connectivity index (χ0n) is 13.7. The molecular weight excluding hydrogens is 346 g/mol. The molecule has 0 spiro atoms. The summed E-state index contributed by atoms with van der Waals surface area (Å²) in [6, 6.07) is 23.0. The molecule has 1 N–H and O–H groups in total. The zero-order valence-corrected chi connectivity index (χ0v) is 14.6. The minimum atomic E-state index is -0.0998. The molecule has 1 amide bonds. The molecule has 4 aromatic rings. The Balaban J connectivity index is 1.50. The van der Waals surface area contributed by atoms with Crippen molar-refractivity contribution in [2.24, 2.45) is 0 Å². The molecule has 0 aliphatic carbocycles. The average molecular weight is 361 g/mol. The van der Waals surface area contributed by atoms with Gasteiger partial charge in [0.2, 0.25) is 11.1 Å². The molecule has 0 bridgehead atoms. The number of amides is 1. The van der Waals surface area contributed by atoms with Crippen LogP contribution in [0.5, 0.6) is 0 Å². The van der Waals surface area contributed by atoms with Crippen molar-refractivity contribution in [2.45, 2.75) is 5.16 Å². The first-order valence-electron chi connectivity index (χ1n) is 8.05. The van der Waals surface area contributed by atoms with Crippen LogP contribution in [0.25, 0.3) is 16.9 Å². The molecule has 0 fully saturated rings. The Morgan fingerprint density at radius 2 is 1.65 bits per heavy atom. The van der Waals surface area contributed by atoms with Gasteiger partial charge in [-0.05, 0) is 24.3 Å². The number of anilines is 1. The van der Waals surface area contributed by atoms with Gasteiger partial charge in [-0.2, -0.15) is 9.61 Å². The Morgan fingerprint density at radius 1 is 0.923 bits per heavy atom. The molecule has 26 heavy (non-hydrogen) atoms. The lowest BCUT2D eigenvalue weighted by atomic mass is 10.1. The number of thioether (sulfide) groups is 1. The number of nitrogens with one attached hydrogen (secondary N) is 1. The van der Waals surface area contributed by atoms with Crippen molar-refractivity contribution >= 4 is 29.0 Å². The smallest absolute Gasteiger partial charge is 0.234 e. The van der Waals surface area contributed by atoms with Gasteiger partial charge >= 0.3 is 0 Å². The fraction of sp³-hybridized carbons (Fsp3) is 0.0526. The van der Waals surface area contributed by atoms with Crippen molar-refractivity contribution in [3.05, 3.63) is 72.8 Å². The molecule has 0 aliphatic heterocycles. The summed E-state index contributed by atoms with van der Waals surface area (Å²) in [4.78, 5) is 12.1. The largest absolute Gasteiger partial charge is 0.325 e. The summed E-state index contributed by atoms with van der Waals surface area (Å²) in [5.74, 6) is 0.129. The summed E-state index contributed by atoms with van der Waals surface area (Å²) in [5.41, 5.74) is 3.26. The summed E-state index contributed by atoms with van der Waals surface area (Å²) in [5, 5.41) is 16.3. The van der Waals surface area contributed by atoms with Gasteiger partial charge in [0.15, 0.2) is 5.65 Å². The van der Waals surface area contributed by atoms with Gasteiger partial charge in [-0.15, -0.1) is 10.2 Å². The van der Waals surface area contributed by atoms with Gasteiger partial charge in [0.25, 0.3) is 0 Å². The normalized spacial score (nSPS) is 10.8. The Bertz CT molecular complexity index is 1030. The van der Waals surface area contributed by atoms with Gasteiger partial charge in [-0.25, -0.2) is 0 Å². The summed E-state index contributed by atoms with van der Waals surface area (Å²) in [6.07, 6.45) is 0. The Kier molecular flexibility index (Phi) is 4.61. The second-order valence-electron chi connectivity index (χ2n) is 5.54. The van der Waals surface area contributed by atoms with Crippen LogP contribution < -0.4 is 5.32 Å². The fourth-order valence-electron chi connectivity index (χ4n) is 2.47. The number of hydrogen-bond donors (Lipinski definition) is 1. The molecule has 2 heterocycles. The topological polar surface area (TPSA) is 72.2 Å². The number of carbonyl (C=O) groups is 1. The third kappa shape index (κ3) is 3.57. The number of aromatic nitrogens is 4. The van der Waals surface area contributed by atoms with E-state index in [2.05, 4.69) is 20.6 Å². The summed E-state index contributed by atoms with van der Waals surface area (Å²) in [6.45, 7) is 0. The van der Waals surface area contributed by atoms with E-state index in [4.69, 9.17) is 0 Å². The molecule has 0 radical (unpaired) electrons. The monoisotopic (exact) mass is 361 g/mol. The SMILES string of the molecule is O=C(CSc1nnc2ccc(-c3ccccc3)nn12)Nc1ccccc1. The molecular formula is C19H15N5OS. The lowest BCUT2D eigenvalue weighted by Gasteiger charge is -2.04. The van der Waals surface area contributed by atoms with E-state index in [1.165, 1.54) is 11.8 Å². The van der Waals surface area contributed by atoms with E-state index in [0.717, 1.165) is 16.9 Å². The van der Waals surface area contributed by atoms with Crippen molar-refractivity contribution in [3.63, 3.8) is 0 Å². The first-order valence-corrected chi connectivity index (χ1v) is 9.04. The highest BCUT2D eigenvalue weighted by molar-refractivity contribution is 7.99. The van der Waals surface area contributed by atoms with E-state index < -0.39 is 0 Å². The molecule has 6 nitrogen and oxygen atoms in total. The molecule has 0 unspecified atom stereocenters. The third-order valence-electron chi connectivity index (χ3n) is 3.69. The van der Waals surface area contributed by atoms with Crippen LogP contribution in [0, 0.1) is 0 Å². The summed E-state index contributed by atoms with van der Waals surface area (Å²) >= 11 is 1.30. The number of carbonyl (C=O) groups excluding carboxylic acids is 1. The lowest BCUT2D eigenvalue weighted by molar-refractivity contribution is -0.113. The van der Waals surface area contributed by atoms with E-state index in [0.29, 0.717) is 10.8 Å². The summed E-state index contributed by atoms with van der Waals surface area (Å²) in [7, 11) is 0. The third-order valence-corrected chi connectivity index (χ3v) is 4.61. The number of hydrogen-bond acceptors (Lipinski definition) is 5. The van der Waals surface area contributed by atoms with Crippen LogP contribution in [0.2, 0.25) is 0 Å². The molecule has 0 atom stereocenters. The Morgan fingerprint density at radius 3 is 2.42 bits per heavy atom. The van der Waals surface area contributed by atoms with Gasteiger partial charge in [0, 0.05) is 11.3 Å². The fourth-order valence-corrected chi connectivity index (χ4v) is 3.16. The van der Waals surface area contributed by atoms with Crippen molar-refractivity contribution in [1.29, 1.82) is 0 Å². The second kappa shape index (κ2) is 7.37. The Hall–Kier alpha value is -3.19. The molecule has 0 aliphatic rings. The van der Waals surface area contributed by atoms with Crippen molar-refractivity contribution in [1.82, 2.24) is 19.8 Å². The van der Waals surface area contributed by atoms with Crippen LogP contribution in [0.1, 0.15) is 0 Å². The molecule has 128 valence electrons. The minimum absolute atomic E-state index is 0.0998. The van der Waals surface area contributed by atoms with Gasteiger partial charge in [-0.1, -0.05) is 60.3 Å². The molecule has 2 aromatic heterocycles. The number of para-hydroxylation sites is 1. The van der Waals surface area contributed by atoms with Gasteiger partial charge in [0.05, 0.1) is 11.4 Å². The first-order chi connectivity index (χ1) is 12.8. The van der Waals surface area contributed by atoms with Crippen molar-refractivity contribution < 1.29 is 4.79 Å². The predicted molar refractivity (Wildman–Crippen MR) is 102 cm³/mol. The predicted octanol–water partition coefficient (Wildman–Crippen LogP) is 3.52. The van der Waals surface area contributed by atoms with Crippen LogP contribution in [-0.2, 0) is 4.79 Å². The number of benzene rings is 2. The van der Waals surface area contributed by atoms with Gasteiger partial charge in [-0.3, -0.25) is 4.79 Å². The number of fused-ring (bicyclic) bond motifs is 1. The van der Waals surface area contributed by atoms with E-state index in [1.807, 2.05) is 72.8 Å². The minimum Gasteiger partial charge on any atom is -0.325 e. The van der Waals surface area contributed by atoms with E-state index in [-0.39, 0.29) is 11.7 Å². The van der Waals surface area contributed by atoms with Crippen molar-refractivity contribution in [3.8, 4) is 11.3 Å². The molecule has 2 aromatic carbocycles. The van der Waals surface area contributed by atoms with E-state index in [9.17, 15) is 4.79 Å². The van der Waals surface area contributed by atoms with Crippen LogP contribution in [0.15, 0.2) is 78.0 Å². The van der Waals surface area contributed by atoms with Crippen LogP contribution in [0.3, 0.4) is 0 Å². The van der Waals surface area contributed by atoms with Crippen LogP contribution >= 0.6 is 11.8 Å².